The van der Waals surface area contributed by atoms with Crippen molar-refractivity contribution >= 4 is 8.56 Å². The second-order valence-corrected chi connectivity index (χ2v) is 11.3. The lowest BCUT2D eigenvalue weighted by Crippen LogP contribution is -2.52. The van der Waals surface area contributed by atoms with Gasteiger partial charge < -0.3 is 18.7 Å². The van der Waals surface area contributed by atoms with Gasteiger partial charge >= 0.3 is 8.56 Å². The molecule has 0 N–H and O–H groups in total. The summed E-state index contributed by atoms with van der Waals surface area (Å²) >= 11 is 0. The van der Waals surface area contributed by atoms with E-state index in [1.165, 1.54) is 25.7 Å². The Bertz CT molecular complexity index is 309. The van der Waals surface area contributed by atoms with Gasteiger partial charge in [-0.15, -0.1) is 0 Å². The minimum atomic E-state index is -2.19. The Kier molecular flexibility index (Phi) is 13.3. The molecule has 0 amide bonds. The summed E-state index contributed by atoms with van der Waals surface area (Å²) in [6.07, 6.45) is 6.29. The molecule has 0 radical (unpaired) electrons. The molecule has 0 aliphatic rings. The van der Waals surface area contributed by atoms with Crippen LogP contribution < -0.4 is 0 Å². The van der Waals surface area contributed by atoms with Crippen LogP contribution in [-0.4, -0.2) is 72.9 Å². The Labute approximate surface area is 159 Å². The molecule has 0 saturated carbocycles. The van der Waals surface area contributed by atoms with Gasteiger partial charge in [0.15, 0.2) is 0 Å². The van der Waals surface area contributed by atoms with Crippen LogP contribution in [0.2, 0.25) is 12.1 Å². The number of hydrogen-bond donors (Lipinski definition) is 0. The predicted octanol–water partition coefficient (Wildman–Crippen LogP) is 4.60. The zero-order valence-corrected chi connectivity index (χ0v) is 19.5. The molecule has 0 bridgehead atoms. The topological polar surface area (TPSA) is 24.9 Å². The minimum absolute atomic E-state index is 0.230. The average molecular weight is 375 g/mol. The fourth-order valence-corrected chi connectivity index (χ4v) is 8.36. The summed E-state index contributed by atoms with van der Waals surface area (Å²) in [4.78, 5) is 4.67. The number of nitrogens with zero attached hydrogens (tertiary/aromatic N) is 2. The van der Waals surface area contributed by atoms with Crippen molar-refractivity contribution in [3.05, 3.63) is 0 Å². The van der Waals surface area contributed by atoms with E-state index in [2.05, 4.69) is 65.7 Å². The maximum atomic E-state index is 6.45. The highest BCUT2D eigenvalue weighted by Crippen LogP contribution is 2.38. The molecule has 152 valence electrons. The summed E-state index contributed by atoms with van der Waals surface area (Å²) in [5.41, 5.74) is 0.230. The van der Waals surface area contributed by atoms with E-state index in [1.54, 1.807) is 0 Å². The summed E-state index contributed by atoms with van der Waals surface area (Å²) in [5, 5.41) is 0. The monoisotopic (exact) mass is 374 g/mol. The van der Waals surface area contributed by atoms with Gasteiger partial charge in [-0.1, -0.05) is 39.5 Å². The summed E-state index contributed by atoms with van der Waals surface area (Å²) in [6, 6.07) is 2.23. The van der Waals surface area contributed by atoms with Gasteiger partial charge in [-0.05, 0) is 66.0 Å². The Morgan fingerprint density at radius 2 is 1.28 bits per heavy atom. The molecule has 0 aliphatic heterocycles. The Morgan fingerprint density at radius 1 is 0.760 bits per heavy atom. The summed E-state index contributed by atoms with van der Waals surface area (Å²) in [6.45, 7) is 12.6. The lowest BCUT2D eigenvalue weighted by molar-refractivity contribution is 0.118. The van der Waals surface area contributed by atoms with Crippen molar-refractivity contribution in [2.45, 2.75) is 71.9 Å². The molecule has 0 aromatic heterocycles. The van der Waals surface area contributed by atoms with E-state index >= 15 is 0 Å². The Morgan fingerprint density at radius 3 is 1.64 bits per heavy atom. The van der Waals surface area contributed by atoms with E-state index < -0.39 is 8.56 Å². The molecular formula is C20H46N2O2Si. The molecule has 0 aromatic carbocycles. The molecule has 0 heterocycles. The standard InChI is InChI=1S/C20H46N2O2Si/c1-9-13-14-15-16-25(23-11-3,24-12-4)19-20(10-2,17-21(5)6)18-22(7)8/h9-19H2,1-8H3. The van der Waals surface area contributed by atoms with Crippen LogP contribution in [0.4, 0.5) is 0 Å². The third-order valence-corrected chi connectivity index (χ3v) is 8.96. The Hall–Kier alpha value is 0.0569. The van der Waals surface area contributed by atoms with Crippen LogP contribution >= 0.6 is 0 Å². The third kappa shape index (κ3) is 10.1. The van der Waals surface area contributed by atoms with Crippen molar-refractivity contribution in [1.82, 2.24) is 9.80 Å². The van der Waals surface area contributed by atoms with Crippen LogP contribution in [0.3, 0.4) is 0 Å². The van der Waals surface area contributed by atoms with Crippen LogP contribution in [-0.2, 0) is 8.85 Å². The normalized spacial score (nSPS) is 13.2. The van der Waals surface area contributed by atoms with Gasteiger partial charge in [-0.3, -0.25) is 0 Å². The van der Waals surface area contributed by atoms with Gasteiger partial charge in [-0.2, -0.15) is 0 Å². The van der Waals surface area contributed by atoms with Crippen molar-refractivity contribution in [3.63, 3.8) is 0 Å². The van der Waals surface area contributed by atoms with Gasteiger partial charge in [0.1, 0.15) is 0 Å². The first-order valence-corrected chi connectivity index (χ1v) is 12.6. The summed E-state index contributed by atoms with van der Waals surface area (Å²) in [5.74, 6) is 0. The molecule has 5 heteroatoms. The highest BCUT2D eigenvalue weighted by molar-refractivity contribution is 6.67. The molecule has 0 rings (SSSR count). The van der Waals surface area contributed by atoms with Crippen LogP contribution in [0.15, 0.2) is 0 Å². The fourth-order valence-electron chi connectivity index (χ4n) is 4.15. The summed E-state index contributed by atoms with van der Waals surface area (Å²) in [7, 11) is 6.56. The second-order valence-electron chi connectivity index (χ2n) is 8.09. The van der Waals surface area contributed by atoms with E-state index in [9.17, 15) is 0 Å². The van der Waals surface area contributed by atoms with Crippen LogP contribution in [0.25, 0.3) is 0 Å². The highest BCUT2D eigenvalue weighted by Gasteiger charge is 2.45. The van der Waals surface area contributed by atoms with E-state index in [0.717, 1.165) is 44.8 Å². The first-order chi connectivity index (χ1) is 11.8. The predicted molar refractivity (Wildman–Crippen MR) is 113 cm³/mol. The van der Waals surface area contributed by atoms with E-state index in [1.807, 2.05) is 0 Å². The van der Waals surface area contributed by atoms with Gasteiger partial charge in [0, 0.05) is 26.3 Å². The van der Waals surface area contributed by atoms with Crippen molar-refractivity contribution in [2.24, 2.45) is 5.41 Å². The minimum Gasteiger partial charge on any atom is -0.394 e. The molecule has 0 aromatic rings. The number of unbranched alkanes of at least 4 members (excludes halogenated alkanes) is 3. The molecule has 0 aliphatic carbocycles. The van der Waals surface area contributed by atoms with E-state index in [-0.39, 0.29) is 5.41 Å². The van der Waals surface area contributed by atoms with Crippen molar-refractivity contribution in [1.29, 1.82) is 0 Å². The molecule has 0 saturated heterocycles. The van der Waals surface area contributed by atoms with Crippen molar-refractivity contribution < 1.29 is 8.85 Å². The molecular weight excluding hydrogens is 328 g/mol. The molecule has 0 spiro atoms. The number of hydrogen-bond acceptors (Lipinski definition) is 4. The zero-order chi connectivity index (χ0) is 19.3. The summed E-state index contributed by atoms with van der Waals surface area (Å²) < 4.78 is 12.9. The lowest BCUT2D eigenvalue weighted by atomic mass is 9.86. The molecule has 0 unspecified atom stereocenters. The Balaban J connectivity index is 5.44. The maximum Gasteiger partial charge on any atom is 0.338 e. The van der Waals surface area contributed by atoms with Crippen LogP contribution in [0, 0.1) is 5.41 Å². The molecule has 25 heavy (non-hydrogen) atoms. The zero-order valence-electron chi connectivity index (χ0n) is 18.5. The van der Waals surface area contributed by atoms with E-state index in [4.69, 9.17) is 8.85 Å². The van der Waals surface area contributed by atoms with Crippen molar-refractivity contribution in [2.75, 3.05) is 54.5 Å². The van der Waals surface area contributed by atoms with Crippen LogP contribution in [0.1, 0.15) is 59.8 Å². The fraction of sp³-hybridized carbons (Fsp3) is 1.00. The smallest absolute Gasteiger partial charge is 0.338 e. The van der Waals surface area contributed by atoms with Crippen molar-refractivity contribution in [3.8, 4) is 0 Å². The second kappa shape index (κ2) is 13.3. The lowest BCUT2D eigenvalue weighted by Gasteiger charge is -2.43. The quantitative estimate of drug-likeness (QED) is 0.291. The first-order valence-electron chi connectivity index (χ1n) is 10.4. The van der Waals surface area contributed by atoms with Gasteiger partial charge in [0.25, 0.3) is 0 Å². The largest absolute Gasteiger partial charge is 0.394 e. The van der Waals surface area contributed by atoms with Gasteiger partial charge in [0.05, 0.1) is 0 Å². The third-order valence-electron chi connectivity index (χ3n) is 4.92. The van der Waals surface area contributed by atoms with E-state index in [0.29, 0.717) is 0 Å². The first kappa shape index (κ1) is 25.1. The van der Waals surface area contributed by atoms with Crippen LogP contribution in [0.5, 0.6) is 0 Å². The molecule has 0 fully saturated rings. The van der Waals surface area contributed by atoms with Gasteiger partial charge in [-0.25, -0.2) is 0 Å². The average Bonchev–Trinajstić information content (AvgIpc) is 2.50. The van der Waals surface area contributed by atoms with Gasteiger partial charge in [0.2, 0.25) is 0 Å². The molecule has 0 atom stereocenters. The SMILES string of the molecule is CCCCCC[Si](CC(CC)(CN(C)C)CN(C)C)(OCC)OCC. The number of rotatable bonds is 16. The highest BCUT2D eigenvalue weighted by atomic mass is 28.4. The maximum absolute atomic E-state index is 6.45. The molecule has 4 nitrogen and oxygen atoms in total.